The molecule has 0 radical (unpaired) electrons. The second kappa shape index (κ2) is 7.23. The van der Waals surface area contributed by atoms with Gasteiger partial charge in [-0.25, -0.2) is 13.1 Å². The van der Waals surface area contributed by atoms with Crippen LogP contribution in [0.1, 0.15) is 22.3 Å². The Kier molecular flexibility index (Phi) is 5.51. The summed E-state index contributed by atoms with van der Waals surface area (Å²) in [5, 5.41) is 0. The van der Waals surface area contributed by atoms with Crippen molar-refractivity contribution in [1.82, 2.24) is 4.72 Å². The minimum atomic E-state index is -3.59. The molecule has 2 aromatic rings. The van der Waals surface area contributed by atoms with Crippen LogP contribution in [0.25, 0.3) is 0 Å². The summed E-state index contributed by atoms with van der Waals surface area (Å²) in [6.45, 7) is 5.75. The van der Waals surface area contributed by atoms with Gasteiger partial charge in [-0.15, -0.1) is 0 Å². The molecule has 0 saturated heterocycles. The monoisotopic (exact) mass is 349 g/mol. The molecule has 0 aliphatic carbocycles. The highest BCUT2D eigenvalue weighted by Crippen LogP contribution is 2.28. The Morgan fingerprint density at radius 2 is 1.50 bits per heavy atom. The summed E-state index contributed by atoms with van der Waals surface area (Å²) < 4.78 is 38.4. The molecule has 0 heterocycles. The Balaban J connectivity index is 2.25. The van der Waals surface area contributed by atoms with E-state index in [1.165, 1.54) is 0 Å². The van der Waals surface area contributed by atoms with Gasteiger partial charge in [0.2, 0.25) is 10.0 Å². The van der Waals surface area contributed by atoms with Crippen LogP contribution in [0.4, 0.5) is 0 Å². The SMILES string of the molecule is COc1ccc(CNS(=O)(=O)c2c(C)cc(C)cc2C)cc1OC. The summed E-state index contributed by atoms with van der Waals surface area (Å²) in [5.74, 6) is 1.17. The number of ether oxygens (including phenoxy) is 2. The highest BCUT2D eigenvalue weighted by molar-refractivity contribution is 7.89. The summed E-state index contributed by atoms with van der Waals surface area (Å²) >= 11 is 0. The number of hydrogen-bond donors (Lipinski definition) is 1. The number of methoxy groups -OCH3 is 2. The fourth-order valence-corrected chi connectivity index (χ4v) is 4.30. The molecule has 0 aliphatic rings. The van der Waals surface area contributed by atoms with Gasteiger partial charge in [0.05, 0.1) is 19.1 Å². The molecule has 0 aromatic heterocycles. The Morgan fingerprint density at radius 1 is 0.917 bits per heavy atom. The van der Waals surface area contributed by atoms with Gasteiger partial charge in [-0.3, -0.25) is 0 Å². The van der Waals surface area contributed by atoms with Crippen molar-refractivity contribution in [1.29, 1.82) is 0 Å². The molecule has 0 unspecified atom stereocenters. The van der Waals surface area contributed by atoms with Gasteiger partial charge in [-0.05, 0) is 49.6 Å². The zero-order chi connectivity index (χ0) is 17.9. The lowest BCUT2D eigenvalue weighted by atomic mass is 10.1. The molecule has 1 N–H and O–H groups in total. The summed E-state index contributed by atoms with van der Waals surface area (Å²) in [5.41, 5.74) is 3.32. The predicted molar refractivity (Wildman–Crippen MR) is 94.2 cm³/mol. The summed E-state index contributed by atoms with van der Waals surface area (Å²) in [6.07, 6.45) is 0. The topological polar surface area (TPSA) is 64.6 Å². The molecular formula is C18H23NO4S. The third-order valence-corrected chi connectivity index (χ3v) is 5.49. The van der Waals surface area contributed by atoms with Gasteiger partial charge >= 0.3 is 0 Å². The van der Waals surface area contributed by atoms with Gasteiger partial charge < -0.3 is 9.47 Å². The van der Waals surface area contributed by atoms with E-state index in [1.54, 1.807) is 32.4 Å². The van der Waals surface area contributed by atoms with Crippen molar-refractivity contribution in [3.05, 3.63) is 52.6 Å². The van der Waals surface area contributed by atoms with Crippen molar-refractivity contribution >= 4 is 10.0 Å². The average Bonchev–Trinajstić information content (AvgIpc) is 2.51. The minimum absolute atomic E-state index is 0.176. The van der Waals surface area contributed by atoms with Gasteiger partial charge in [0.25, 0.3) is 0 Å². The number of sulfonamides is 1. The summed E-state index contributed by atoms with van der Waals surface area (Å²) in [6, 6.07) is 9.07. The molecule has 130 valence electrons. The smallest absolute Gasteiger partial charge is 0.241 e. The van der Waals surface area contributed by atoms with Crippen LogP contribution in [-0.2, 0) is 16.6 Å². The molecule has 6 heteroatoms. The molecule has 2 rings (SSSR count). The third-order valence-electron chi connectivity index (χ3n) is 3.79. The fourth-order valence-electron chi connectivity index (χ4n) is 2.83. The van der Waals surface area contributed by atoms with Crippen LogP contribution in [0.2, 0.25) is 0 Å². The first kappa shape index (κ1) is 18.3. The van der Waals surface area contributed by atoms with Gasteiger partial charge in [0, 0.05) is 6.54 Å². The molecule has 0 fully saturated rings. The van der Waals surface area contributed by atoms with Crippen LogP contribution < -0.4 is 14.2 Å². The van der Waals surface area contributed by atoms with Crippen molar-refractivity contribution < 1.29 is 17.9 Å². The second-order valence-electron chi connectivity index (χ2n) is 5.74. The van der Waals surface area contributed by atoms with Crippen molar-refractivity contribution in [3.63, 3.8) is 0 Å². The normalized spacial score (nSPS) is 11.4. The first-order valence-corrected chi connectivity index (χ1v) is 9.05. The highest BCUT2D eigenvalue weighted by Gasteiger charge is 2.19. The highest BCUT2D eigenvalue weighted by atomic mass is 32.2. The van der Waals surface area contributed by atoms with E-state index in [-0.39, 0.29) is 6.54 Å². The Hall–Kier alpha value is -2.05. The van der Waals surface area contributed by atoms with Crippen molar-refractivity contribution in [3.8, 4) is 11.5 Å². The van der Waals surface area contributed by atoms with Crippen LogP contribution in [0.5, 0.6) is 11.5 Å². The molecule has 24 heavy (non-hydrogen) atoms. The van der Waals surface area contributed by atoms with Crippen molar-refractivity contribution in [2.45, 2.75) is 32.2 Å². The van der Waals surface area contributed by atoms with Gasteiger partial charge in [-0.2, -0.15) is 0 Å². The molecule has 0 aliphatic heterocycles. The van der Waals surface area contributed by atoms with E-state index >= 15 is 0 Å². The standard InChI is InChI=1S/C18H23NO4S/c1-12-8-13(2)18(14(3)9-12)24(20,21)19-11-15-6-7-16(22-4)17(10-15)23-5/h6-10,19H,11H2,1-5H3. The van der Waals surface area contributed by atoms with Crippen LogP contribution in [-0.4, -0.2) is 22.6 Å². The van der Waals surface area contributed by atoms with Crippen molar-refractivity contribution in [2.75, 3.05) is 14.2 Å². The van der Waals surface area contributed by atoms with E-state index in [1.807, 2.05) is 32.9 Å². The van der Waals surface area contributed by atoms with Crippen molar-refractivity contribution in [2.24, 2.45) is 0 Å². The fraction of sp³-hybridized carbons (Fsp3) is 0.333. The van der Waals surface area contributed by atoms with Gasteiger partial charge in [0.15, 0.2) is 11.5 Å². The molecule has 5 nitrogen and oxygen atoms in total. The maximum Gasteiger partial charge on any atom is 0.241 e. The van der Waals surface area contributed by atoms with Crippen LogP contribution in [0.3, 0.4) is 0 Å². The number of benzene rings is 2. The Bertz CT molecular complexity index is 821. The molecule has 0 bridgehead atoms. The van der Waals surface area contributed by atoms with E-state index in [2.05, 4.69) is 4.72 Å². The first-order valence-electron chi connectivity index (χ1n) is 7.57. The van der Waals surface area contributed by atoms with Gasteiger partial charge in [-0.1, -0.05) is 23.8 Å². The average molecular weight is 349 g/mol. The van der Waals surface area contributed by atoms with Crippen LogP contribution in [0, 0.1) is 20.8 Å². The Labute approximate surface area is 143 Å². The number of nitrogens with one attached hydrogen (secondary N) is 1. The maximum absolute atomic E-state index is 12.7. The lowest BCUT2D eigenvalue weighted by molar-refractivity contribution is 0.354. The second-order valence-corrected chi connectivity index (χ2v) is 7.45. The van der Waals surface area contributed by atoms with E-state index in [0.29, 0.717) is 16.4 Å². The zero-order valence-electron chi connectivity index (χ0n) is 14.6. The van der Waals surface area contributed by atoms with E-state index in [9.17, 15) is 8.42 Å². The quantitative estimate of drug-likeness (QED) is 0.870. The van der Waals surface area contributed by atoms with E-state index in [0.717, 1.165) is 22.3 Å². The third kappa shape index (κ3) is 3.88. The molecule has 0 saturated carbocycles. The molecule has 0 spiro atoms. The largest absolute Gasteiger partial charge is 0.493 e. The summed E-state index contributed by atoms with van der Waals surface area (Å²) in [4.78, 5) is 0.341. The number of hydrogen-bond acceptors (Lipinski definition) is 4. The van der Waals surface area contributed by atoms with Gasteiger partial charge in [0.1, 0.15) is 0 Å². The van der Waals surface area contributed by atoms with E-state index in [4.69, 9.17) is 9.47 Å². The molecule has 0 amide bonds. The summed E-state index contributed by atoms with van der Waals surface area (Å²) in [7, 11) is -0.489. The number of aryl methyl sites for hydroxylation is 3. The Morgan fingerprint density at radius 3 is 2.04 bits per heavy atom. The molecule has 0 atom stereocenters. The minimum Gasteiger partial charge on any atom is -0.493 e. The van der Waals surface area contributed by atoms with Crippen LogP contribution in [0.15, 0.2) is 35.2 Å². The zero-order valence-corrected chi connectivity index (χ0v) is 15.5. The molecular weight excluding hydrogens is 326 g/mol. The number of rotatable bonds is 6. The maximum atomic E-state index is 12.7. The predicted octanol–water partition coefficient (Wildman–Crippen LogP) is 3.11. The first-order chi connectivity index (χ1) is 11.3. The van der Waals surface area contributed by atoms with Crippen LogP contribution >= 0.6 is 0 Å². The lowest BCUT2D eigenvalue weighted by Crippen LogP contribution is -2.25. The lowest BCUT2D eigenvalue weighted by Gasteiger charge is -2.14. The molecule has 2 aromatic carbocycles. The van der Waals surface area contributed by atoms with E-state index < -0.39 is 10.0 Å².